The molecule has 2 aromatic carbocycles. The van der Waals surface area contributed by atoms with Gasteiger partial charge in [0.1, 0.15) is 12.4 Å². The molecule has 0 spiro atoms. The zero-order valence-corrected chi connectivity index (χ0v) is 18.7. The average Bonchev–Trinajstić information content (AvgIpc) is 2.85. The lowest BCUT2D eigenvalue weighted by atomic mass is 10.1. The second-order valence-corrected chi connectivity index (χ2v) is 8.07. The van der Waals surface area contributed by atoms with Crippen molar-refractivity contribution >= 4 is 11.9 Å². The number of aromatic nitrogens is 2. The standard InChI is InChI=1S/C25H26F2N4O3/c26-19-8-5-18(6-9-19)7-10-22-20(24(32)33)17-28-25(29-22)31-13-11-30(12-14-31)15-16-34-23-4-2-1-3-21(23)27/h1-6,8-9,17H,7,10-16H2,(H,32,33). The lowest BCUT2D eigenvalue weighted by Gasteiger charge is -2.34. The first-order chi connectivity index (χ1) is 16.5. The lowest BCUT2D eigenvalue weighted by molar-refractivity contribution is 0.0694. The molecule has 0 unspecified atom stereocenters. The number of hydrogen-bond acceptors (Lipinski definition) is 6. The molecule has 7 nitrogen and oxygen atoms in total. The predicted octanol–water partition coefficient (Wildman–Crippen LogP) is 3.44. The number of halogens is 2. The topological polar surface area (TPSA) is 78.8 Å². The molecule has 1 fully saturated rings. The second kappa shape index (κ2) is 11.0. The van der Waals surface area contributed by atoms with Crippen molar-refractivity contribution in [1.82, 2.24) is 14.9 Å². The molecule has 0 radical (unpaired) electrons. The molecule has 2 heterocycles. The highest BCUT2D eigenvalue weighted by atomic mass is 19.1. The molecule has 0 aliphatic carbocycles. The number of hydrogen-bond donors (Lipinski definition) is 1. The van der Waals surface area contributed by atoms with Crippen LogP contribution in [-0.2, 0) is 12.8 Å². The Morgan fingerprint density at radius 3 is 2.44 bits per heavy atom. The van der Waals surface area contributed by atoms with Crippen molar-refractivity contribution in [1.29, 1.82) is 0 Å². The van der Waals surface area contributed by atoms with Crippen LogP contribution in [0.1, 0.15) is 21.6 Å². The molecule has 0 bridgehead atoms. The van der Waals surface area contributed by atoms with Gasteiger partial charge in [0, 0.05) is 38.9 Å². The Balaban J connectivity index is 1.33. The van der Waals surface area contributed by atoms with Gasteiger partial charge in [-0.25, -0.2) is 23.5 Å². The summed E-state index contributed by atoms with van der Waals surface area (Å²) < 4.78 is 32.3. The molecule has 1 aliphatic rings. The van der Waals surface area contributed by atoms with Gasteiger partial charge in [0.25, 0.3) is 0 Å². The summed E-state index contributed by atoms with van der Waals surface area (Å²) in [5.41, 5.74) is 1.45. The highest BCUT2D eigenvalue weighted by Gasteiger charge is 2.21. The fourth-order valence-electron chi connectivity index (χ4n) is 3.86. The van der Waals surface area contributed by atoms with Gasteiger partial charge in [-0.2, -0.15) is 0 Å². The van der Waals surface area contributed by atoms with Crippen molar-refractivity contribution in [2.45, 2.75) is 12.8 Å². The van der Waals surface area contributed by atoms with Crippen LogP contribution in [0.5, 0.6) is 5.75 Å². The van der Waals surface area contributed by atoms with Crippen LogP contribution in [0.4, 0.5) is 14.7 Å². The van der Waals surface area contributed by atoms with Gasteiger partial charge in [0.05, 0.1) is 11.3 Å². The van der Waals surface area contributed by atoms with Crippen molar-refractivity contribution in [2.24, 2.45) is 0 Å². The molecule has 1 aromatic heterocycles. The van der Waals surface area contributed by atoms with E-state index in [0.717, 1.165) is 18.7 Å². The average molecular weight is 469 g/mol. The molecule has 34 heavy (non-hydrogen) atoms. The second-order valence-electron chi connectivity index (χ2n) is 8.07. The minimum atomic E-state index is -1.07. The Kier molecular flexibility index (Phi) is 7.64. The molecule has 3 aromatic rings. The number of anilines is 1. The summed E-state index contributed by atoms with van der Waals surface area (Å²) in [4.78, 5) is 24.7. The van der Waals surface area contributed by atoms with Crippen LogP contribution in [-0.4, -0.2) is 65.3 Å². The molecule has 9 heteroatoms. The molecule has 4 rings (SSSR count). The third kappa shape index (κ3) is 6.05. The number of aryl methyl sites for hydroxylation is 2. The minimum absolute atomic E-state index is 0.0785. The van der Waals surface area contributed by atoms with Crippen LogP contribution in [0, 0.1) is 11.6 Å². The maximum absolute atomic E-state index is 13.7. The van der Waals surface area contributed by atoms with Crippen LogP contribution in [0.3, 0.4) is 0 Å². The SMILES string of the molecule is O=C(O)c1cnc(N2CCN(CCOc3ccccc3F)CC2)nc1CCc1ccc(F)cc1. The first-order valence-corrected chi connectivity index (χ1v) is 11.2. The Bertz CT molecular complexity index is 1120. The number of benzene rings is 2. The zero-order valence-electron chi connectivity index (χ0n) is 18.7. The summed E-state index contributed by atoms with van der Waals surface area (Å²) in [5, 5.41) is 9.53. The quantitative estimate of drug-likeness (QED) is 0.515. The third-order valence-corrected chi connectivity index (χ3v) is 5.81. The zero-order chi connectivity index (χ0) is 23.9. The van der Waals surface area contributed by atoms with E-state index in [1.165, 1.54) is 24.4 Å². The maximum atomic E-state index is 13.7. The Labute approximate surface area is 196 Å². The van der Waals surface area contributed by atoms with E-state index in [1.54, 1.807) is 30.3 Å². The molecule has 1 N–H and O–H groups in total. The van der Waals surface area contributed by atoms with Crippen LogP contribution < -0.4 is 9.64 Å². The van der Waals surface area contributed by atoms with Crippen molar-refractivity contribution in [2.75, 3.05) is 44.2 Å². The molecular formula is C25H26F2N4O3. The molecule has 178 valence electrons. The summed E-state index contributed by atoms with van der Waals surface area (Å²) in [7, 11) is 0. The van der Waals surface area contributed by atoms with Crippen LogP contribution in [0.25, 0.3) is 0 Å². The highest BCUT2D eigenvalue weighted by molar-refractivity contribution is 5.88. The largest absolute Gasteiger partial charge is 0.489 e. The van der Waals surface area contributed by atoms with Gasteiger partial charge in [-0.3, -0.25) is 4.90 Å². The van der Waals surface area contributed by atoms with E-state index < -0.39 is 5.97 Å². The first-order valence-electron chi connectivity index (χ1n) is 11.2. The number of carbonyl (C=O) groups is 1. The predicted molar refractivity (Wildman–Crippen MR) is 123 cm³/mol. The van der Waals surface area contributed by atoms with Gasteiger partial charge in [-0.1, -0.05) is 24.3 Å². The Morgan fingerprint density at radius 1 is 1.00 bits per heavy atom. The minimum Gasteiger partial charge on any atom is -0.489 e. The molecule has 1 saturated heterocycles. The van der Waals surface area contributed by atoms with Crippen molar-refractivity contribution in [3.05, 3.63) is 83.2 Å². The number of para-hydroxylation sites is 1. The summed E-state index contributed by atoms with van der Waals surface area (Å²) in [6.45, 7) is 3.94. The first kappa shape index (κ1) is 23.6. The van der Waals surface area contributed by atoms with E-state index >= 15 is 0 Å². The van der Waals surface area contributed by atoms with Crippen molar-refractivity contribution < 1.29 is 23.4 Å². The maximum Gasteiger partial charge on any atom is 0.339 e. The molecular weight excluding hydrogens is 442 g/mol. The lowest BCUT2D eigenvalue weighted by Crippen LogP contribution is -2.48. The molecule has 0 saturated carbocycles. The molecule has 0 atom stereocenters. The van der Waals surface area contributed by atoms with Gasteiger partial charge in [-0.15, -0.1) is 0 Å². The number of carboxylic acids is 1. The van der Waals surface area contributed by atoms with Crippen molar-refractivity contribution in [3.8, 4) is 5.75 Å². The smallest absolute Gasteiger partial charge is 0.339 e. The van der Waals surface area contributed by atoms with Gasteiger partial charge < -0.3 is 14.7 Å². The van der Waals surface area contributed by atoms with E-state index in [4.69, 9.17) is 4.74 Å². The van der Waals surface area contributed by atoms with E-state index in [-0.39, 0.29) is 22.9 Å². The van der Waals surface area contributed by atoms with E-state index in [0.29, 0.717) is 50.7 Å². The van der Waals surface area contributed by atoms with E-state index in [2.05, 4.69) is 14.9 Å². The summed E-state index contributed by atoms with van der Waals surface area (Å²) in [5.74, 6) is -0.996. The van der Waals surface area contributed by atoms with E-state index in [9.17, 15) is 18.7 Å². The number of aromatic carboxylic acids is 1. The third-order valence-electron chi connectivity index (χ3n) is 5.81. The monoisotopic (exact) mass is 468 g/mol. The number of nitrogens with zero attached hydrogens (tertiary/aromatic N) is 4. The van der Waals surface area contributed by atoms with Crippen LogP contribution in [0.2, 0.25) is 0 Å². The summed E-state index contributed by atoms with van der Waals surface area (Å²) in [6.07, 6.45) is 2.32. The van der Waals surface area contributed by atoms with Gasteiger partial charge >= 0.3 is 5.97 Å². The molecule has 0 amide bonds. The van der Waals surface area contributed by atoms with Gasteiger partial charge in [-0.05, 0) is 42.7 Å². The summed E-state index contributed by atoms with van der Waals surface area (Å²) in [6, 6.07) is 12.5. The van der Waals surface area contributed by atoms with E-state index in [1.807, 2.05) is 4.90 Å². The number of rotatable bonds is 9. The van der Waals surface area contributed by atoms with Crippen molar-refractivity contribution in [3.63, 3.8) is 0 Å². The Hall–Kier alpha value is -3.59. The fraction of sp³-hybridized carbons (Fsp3) is 0.320. The number of ether oxygens (including phenoxy) is 1. The van der Waals surface area contributed by atoms with Crippen LogP contribution >= 0.6 is 0 Å². The molecule has 1 aliphatic heterocycles. The highest BCUT2D eigenvalue weighted by Crippen LogP contribution is 2.18. The fourth-order valence-corrected chi connectivity index (χ4v) is 3.86. The van der Waals surface area contributed by atoms with Crippen LogP contribution in [0.15, 0.2) is 54.7 Å². The normalized spacial score (nSPS) is 14.2. The van der Waals surface area contributed by atoms with Gasteiger partial charge in [0.15, 0.2) is 11.6 Å². The van der Waals surface area contributed by atoms with Gasteiger partial charge in [0.2, 0.25) is 5.95 Å². The number of carboxylic acid groups (broad SMARTS) is 1. The Morgan fingerprint density at radius 2 is 1.74 bits per heavy atom. The number of piperazine rings is 1. The summed E-state index contributed by atoms with van der Waals surface area (Å²) >= 11 is 0.